The maximum Gasteiger partial charge on any atom is 0.312 e. The minimum atomic E-state index is -0.343. The van der Waals surface area contributed by atoms with E-state index in [1.807, 2.05) is 20.5 Å². The normalized spacial score (nSPS) is 19.1. The largest absolute Gasteiger partial charge is 0.459 e. The molecule has 1 saturated carbocycles. The van der Waals surface area contributed by atoms with Crippen LogP contribution in [0.1, 0.15) is 85.5 Å². The Balaban J connectivity index is 0.00000172. The van der Waals surface area contributed by atoms with Gasteiger partial charge in [0.2, 0.25) is 0 Å². The van der Waals surface area contributed by atoms with Crippen molar-refractivity contribution in [3.05, 3.63) is 0 Å². The highest BCUT2D eigenvalue weighted by atomic mass is 31.0. The molecule has 0 bridgehead atoms. The van der Waals surface area contributed by atoms with Gasteiger partial charge in [0.25, 0.3) is 0 Å². The summed E-state index contributed by atoms with van der Waals surface area (Å²) in [5.41, 5.74) is -0.519. The second kappa shape index (κ2) is 9.77. The molecule has 0 spiro atoms. The van der Waals surface area contributed by atoms with Gasteiger partial charge in [-0.05, 0) is 52.4 Å². The number of ether oxygens (including phenoxy) is 1. The number of esters is 1. The summed E-state index contributed by atoms with van der Waals surface area (Å²) in [7, 11) is 2.42. The van der Waals surface area contributed by atoms with Gasteiger partial charge in [0.15, 0.2) is 0 Å². The van der Waals surface area contributed by atoms with E-state index in [0.717, 1.165) is 25.7 Å². The molecule has 0 amide bonds. The van der Waals surface area contributed by atoms with Crippen LogP contribution in [0.4, 0.5) is 0 Å². The van der Waals surface area contributed by atoms with Gasteiger partial charge in [-0.1, -0.05) is 39.8 Å². The first-order valence-corrected chi connectivity index (χ1v) is 9.42. The Kier molecular flexibility index (Phi) is 9.72. The van der Waals surface area contributed by atoms with Crippen molar-refractivity contribution in [2.75, 3.05) is 6.66 Å². The van der Waals surface area contributed by atoms with Crippen LogP contribution in [-0.2, 0) is 9.53 Å². The first-order chi connectivity index (χ1) is 9.46. The number of carbonyl (C=O) groups is 1. The predicted molar refractivity (Wildman–Crippen MR) is 91.1 cm³/mol. The fraction of sp³-hybridized carbons (Fsp3) is 0.941. The highest BCUT2D eigenvalue weighted by Gasteiger charge is 2.37. The van der Waals surface area contributed by atoms with Crippen LogP contribution < -0.4 is 0 Å². The fourth-order valence-electron chi connectivity index (χ4n) is 2.56. The first-order valence-electron chi connectivity index (χ1n) is 8.27. The average Bonchev–Trinajstić information content (AvgIpc) is 2.44. The lowest BCUT2D eigenvalue weighted by Gasteiger charge is -2.37. The summed E-state index contributed by atoms with van der Waals surface area (Å²) in [6.07, 6.45) is 10.2. The Labute approximate surface area is 128 Å². The summed E-state index contributed by atoms with van der Waals surface area (Å²) in [5, 5.41) is 0. The number of hydrogen-bond acceptors (Lipinski definition) is 2. The van der Waals surface area contributed by atoms with E-state index in [4.69, 9.17) is 4.74 Å². The molecular weight excluding hydrogens is 267 g/mol. The third kappa shape index (κ3) is 6.12. The lowest BCUT2D eigenvalue weighted by molar-refractivity contribution is -0.173. The zero-order chi connectivity index (χ0) is 15.6. The van der Waals surface area contributed by atoms with E-state index in [9.17, 15) is 4.79 Å². The summed E-state index contributed by atoms with van der Waals surface area (Å²) in [5.74, 6) is -0.00702. The molecule has 3 heteroatoms. The van der Waals surface area contributed by atoms with E-state index in [-0.39, 0.29) is 17.0 Å². The smallest absolute Gasteiger partial charge is 0.312 e. The van der Waals surface area contributed by atoms with Crippen molar-refractivity contribution in [1.82, 2.24) is 0 Å². The van der Waals surface area contributed by atoms with Crippen LogP contribution in [0.5, 0.6) is 0 Å². The van der Waals surface area contributed by atoms with E-state index in [2.05, 4.69) is 23.1 Å². The molecule has 1 fully saturated rings. The second-order valence-corrected chi connectivity index (χ2v) is 6.43. The predicted octanol–water partition coefficient (Wildman–Crippen LogP) is 5.35. The van der Waals surface area contributed by atoms with Gasteiger partial charge in [0.1, 0.15) is 5.60 Å². The summed E-state index contributed by atoms with van der Waals surface area (Å²) in [6.45, 7) is 10.1. The second-order valence-electron chi connectivity index (χ2n) is 6.43. The van der Waals surface area contributed by atoms with Gasteiger partial charge in [-0.25, -0.2) is 0 Å². The van der Waals surface area contributed by atoms with Crippen molar-refractivity contribution in [3.63, 3.8) is 0 Å². The molecule has 1 atom stereocenters. The van der Waals surface area contributed by atoms with Crippen molar-refractivity contribution in [2.45, 2.75) is 91.1 Å². The average molecular weight is 302 g/mol. The third-order valence-corrected chi connectivity index (χ3v) is 4.65. The van der Waals surface area contributed by atoms with Crippen molar-refractivity contribution in [1.29, 1.82) is 0 Å². The molecule has 1 aliphatic rings. The van der Waals surface area contributed by atoms with Crippen molar-refractivity contribution < 1.29 is 9.53 Å². The van der Waals surface area contributed by atoms with Gasteiger partial charge in [0.05, 0.1) is 5.41 Å². The van der Waals surface area contributed by atoms with E-state index in [0.29, 0.717) is 0 Å². The topological polar surface area (TPSA) is 26.3 Å². The minimum Gasteiger partial charge on any atom is -0.459 e. The minimum absolute atomic E-state index is 0.00702. The van der Waals surface area contributed by atoms with Crippen LogP contribution in [0.2, 0.25) is 0 Å². The van der Waals surface area contributed by atoms with E-state index >= 15 is 0 Å². The first kappa shape index (κ1) is 19.9. The molecule has 0 aromatic rings. The number of rotatable bonds is 4. The van der Waals surface area contributed by atoms with Crippen molar-refractivity contribution >= 4 is 15.2 Å². The quantitative estimate of drug-likeness (QED) is 0.517. The summed E-state index contributed by atoms with van der Waals surface area (Å²) >= 11 is 0. The third-order valence-electron chi connectivity index (χ3n) is 4.65. The molecule has 0 aromatic carbocycles. The van der Waals surface area contributed by atoms with Crippen molar-refractivity contribution in [2.24, 2.45) is 5.41 Å². The zero-order valence-electron chi connectivity index (χ0n) is 14.3. The molecule has 0 heterocycles. The Morgan fingerprint density at radius 1 is 1.05 bits per heavy atom. The molecule has 0 radical (unpaired) electrons. The van der Waals surface area contributed by atoms with Crippen LogP contribution in [0.15, 0.2) is 0 Å². The van der Waals surface area contributed by atoms with E-state index < -0.39 is 0 Å². The van der Waals surface area contributed by atoms with Crippen LogP contribution in [0, 0.1) is 5.41 Å². The van der Waals surface area contributed by atoms with Gasteiger partial charge in [0, 0.05) is 0 Å². The van der Waals surface area contributed by atoms with Crippen LogP contribution in [-0.4, -0.2) is 18.2 Å². The van der Waals surface area contributed by atoms with Gasteiger partial charge in [-0.2, -0.15) is 0 Å². The monoisotopic (exact) mass is 302 g/mol. The Bertz CT molecular complexity index is 266. The van der Waals surface area contributed by atoms with Crippen LogP contribution >= 0.6 is 9.24 Å². The van der Waals surface area contributed by atoms with Crippen LogP contribution in [0.3, 0.4) is 0 Å². The van der Waals surface area contributed by atoms with Gasteiger partial charge in [-0.15, -0.1) is 9.24 Å². The lowest BCUT2D eigenvalue weighted by atomic mass is 9.83. The summed E-state index contributed by atoms with van der Waals surface area (Å²) < 4.78 is 5.98. The highest BCUT2D eigenvalue weighted by Crippen LogP contribution is 2.35. The van der Waals surface area contributed by atoms with Gasteiger partial charge < -0.3 is 4.74 Å². The highest BCUT2D eigenvalue weighted by molar-refractivity contribution is 7.15. The lowest BCUT2D eigenvalue weighted by Crippen LogP contribution is -2.40. The Hall–Kier alpha value is -0.100. The molecule has 2 nitrogen and oxygen atoms in total. The molecule has 120 valence electrons. The Morgan fingerprint density at radius 2 is 1.50 bits per heavy atom. The molecule has 1 rings (SSSR count). The molecular formula is C17H35O2P. The number of carbonyl (C=O) groups excluding carboxylic acids is 1. The maximum absolute atomic E-state index is 12.3. The molecule has 0 saturated heterocycles. The van der Waals surface area contributed by atoms with Gasteiger partial charge >= 0.3 is 5.97 Å². The molecule has 0 aliphatic heterocycles. The SMILES string of the molecule is CCC1(OC(=O)C(C)(C)CC)CCCCCCC1.CP. The molecule has 1 unspecified atom stereocenters. The van der Waals surface area contributed by atoms with Crippen LogP contribution in [0.25, 0.3) is 0 Å². The molecule has 0 N–H and O–H groups in total. The Morgan fingerprint density at radius 3 is 1.90 bits per heavy atom. The number of hydrogen-bond donors (Lipinski definition) is 0. The molecule has 0 aromatic heterocycles. The van der Waals surface area contributed by atoms with E-state index in [1.54, 1.807) is 0 Å². The van der Waals surface area contributed by atoms with Crippen molar-refractivity contribution in [3.8, 4) is 0 Å². The fourth-order valence-corrected chi connectivity index (χ4v) is 2.56. The summed E-state index contributed by atoms with van der Waals surface area (Å²) in [4.78, 5) is 12.3. The standard InChI is InChI=1S/C16H30O2.CH5P/c1-5-15(3,4)14(17)18-16(6-2)12-10-8-7-9-11-13-16;1-2/h5-13H2,1-4H3;2H2,1H3. The van der Waals surface area contributed by atoms with Gasteiger partial charge in [-0.3, -0.25) is 4.79 Å². The maximum atomic E-state index is 12.3. The van der Waals surface area contributed by atoms with E-state index in [1.165, 1.54) is 32.1 Å². The molecule has 20 heavy (non-hydrogen) atoms. The molecule has 1 aliphatic carbocycles. The zero-order valence-corrected chi connectivity index (χ0v) is 15.4. The summed E-state index contributed by atoms with van der Waals surface area (Å²) in [6, 6.07) is 0.